The van der Waals surface area contributed by atoms with E-state index in [0.29, 0.717) is 5.92 Å². The van der Waals surface area contributed by atoms with Crippen LogP contribution in [0, 0.1) is 0 Å². The molecule has 1 aliphatic rings. The maximum atomic E-state index is 5.90. The van der Waals surface area contributed by atoms with E-state index in [1.807, 2.05) is 0 Å². The molecule has 0 aliphatic carbocycles. The fraction of sp³-hybridized carbons (Fsp3) is 0.467. The molecule has 0 radical (unpaired) electrons. The predicted molar refractivity (Wildman–Crippen MR) is 83.4 cm³/mol. The van der Waals surface area contributed by atoms with Crippen LogP contribution in [0.2, 0.25) is 0 Å². The molecule has 0 bridgehead atoms. The highest BCUT2D eigenvalue weighted by Gasteiger charge is 2.26. The van der Waals surface area contributed by atoms with Crippen molar-refractivity contribution in [2.75, 3.05) is 6.61 Å². The molecule has 1 aliphatic heterocycles. The van der Waals surface area contributed by atoms with Crippen LogP contribution < -0.4 is 16.0 Å². The lowest BCUT2D eigenvalue weighted by molar-refractivity contribution is 0.283. The van der Waals surface area contributed by atoms with Gasteiger partial charge in [0, 0.05) is 5.56 Å². The van der Waals surface area contributed by atoms with Gasteiger partial charge in [0.25, 0.3) is 0 Å². The number of rotatable bonds is 4. The van der Waals surface area contributed by atoms with Gasteiger partial charge in [-0.05, 0) is 35.9 Å². The lowest BCUT2D eigenvalue weighted by Gasteiger charge is -2.24. The third-order valence-corrected chi connectivity index (χ3v) is 4.60. The first-order chi connectivity index (χ1) is 10.2. The standard InChI is InChI=1S/C15H20N4OS/c1-9(2)12-15(21-19-18-12)13(17-16)11-7-3-5-10-6-4-8-20-14(10)11/h3,5,7,9,13,17H,4,6,8,16H2,1-2H3. The van der Waals surface area contributed by atoms with Gasteiger partial charge in [0.1, 0.15) is 5.75 Å². The molecule has 0 saturated heterocycles. The average Bonchev–Trinajstić information content (AvgIpc) is 2.98. The molecule has 6 heteroatoms. The predicted octanol–water partition coefficient (Wildman–Crippen LogP) is 2.54. The van der Waals surface area contributed by atoms with Crippen LogP contribution in [0.1, 0.15) is 53.9 Å². The van der Waals surface area contributed by atoms with Gasteiger partial charge in [-0.15, -0.1) is 5.10 Å². The first-order valence-corrected chi connectivity index (χ1v) is 8.02. The molecule has 21 heavy (non-hydrogen) atoms. The molecule has 3 N–H and O–H groups in total. The van der Waals surface area contributed by atoms with Crippen molar-refractivity contribution in [2.45, 2.75) is 38.6 Å². The SMILES string of the molecule is CC(C)c1nnsc1C(NN)c1cccc2c1OCCC2. The van der Waals surface area contributed by atoms with Gasteiger partial charge in [-0.3, -0.25) is 5.84 Å². The molecular formula is C15H20N4OS. The van der Waals surface area contributed by atoms with E-state index in [1.54, 1.807) is 0 Å². The number of nitrogens with two attached hydrogens (primary N) is 1. The van der Waals surface area contributed by atoms with Gasteiger partial charge < -0.3 is 4.74 Å². The van der Waals surface area contributed by atoms with Crippen molar-refractivity contribution in [1.29, 1.82) is 0 Å². The van der Waals surface area contributed by atoms with E-state index < -0.39 is 0 Å². The molecule has 0 spiro atoms. The number of nitrogens with zero attached hydrogens (tertiary/aromatic N) is 2. The van der Waals surface area contributed by atoms with Crippen LogP contribution in [0.15, 0.2) is 18.2 Å². The number of fused-ring (bicyclic) bond motifs is 1. The Morgan fingerprint density at radius 2 is 2.24 bits per heavy atom. The lowest BCUT2D eigenvalue weighted by Crippen LogP contribution is -2.30. The highest BCUT2D eigenvalue weighted by molar-refractivity contribution is 7.05. The number of hydrazine groups is 1. The molecule has 5 nitrogen and oxygen atoms in total. The zero-order chi connectivity index (χ0) is 14.8. The first kappa shape index (κ1) is 14.4. The number of hydrogen-bond acceptors (Lipinski definition) is 6. The van der Waals surface area contributed by atoms with Crippen LogP contribution in [0.25, 0.3) is 0 Å². The molecule has 2 aromatic rings. The van der Waals surface area contributed by atoms with E-state index in [9.17, 15) is 0 Å². The summed E-state index contributed by atoms with van der Waals surface area (Å²) < 4.78 is 10.0. The highest BCUT2D eigenvalue weighted by Crippen LogP contribution is 2.38. The maximum Gasteiger partial charge on any atom is 0.127 e. The summed E-state index contributed by atoms with van der Waals surface area (Å²) in [6.45, 7) is 4.99. The Hall–Kier alpha value is -1.50. The number of hydrogen-bond donors (Lipinski definition) is 2. The normalized spacial score (nSPS) is 15.6. The third-order valence-electron chi connectivity index (χ3n) is 3.79. The van der Waals surface area contributed by atoms with E-state index in [1.165, 1.54) is 17.1 Å². The van der Waals surface area contributed by atoms with Crippen LogP contribution in [0.5, 0.6) is 5.75 Å². The second-order valence-corrected chi connectivity index (χ2v) is 6.35. The molecule has 1 aromatic carbocycles. The number of benzene rings is 1. The van der Waals surface area contributed by atoms with Crippen molar-refractivity contribution >= 4 is 11.5 Å². The zero-order valence-corrected chi connectivity index (χ0v) is 13.1. The van der Waals surface area contributed by atoms with E-state index in [2.05, 4.69) is 47.1 Å². The molecule has 0 fully saturated rings. The molecular weight excluding hydrogens is 284 g/mol. The van der Waals surface area contributed by atoms with E-state index in [-0.39, 0.29) is 6.04 Å². The van der Waals surface area contributed by atoms with Crippen molar-refractivity contribution in [3.8, 4) is 5.75 Å². The Bertz CT molecular complexity index is 626. The molecule has 3 rings (SSSR count). The number of ether oxygens (including phenoxy) is 1. The van der Waals surface area contributed by atoms with Gasteiger partial charge in [0.2, 0.25) is 0 Å². The second kappa shape index (κ2) is 6.09. The van der Waals surface area contributed by atoms with Gasteiger partial charge in [-0.1, -0.05) is 36.5 Å². The zero-order valence-electron chi connectivity index (χ0n) is 12.3. The molecule has 0 saturated carbocycles. The van der Waals surface area contributed by atoms with Crippen molar-refractivity contribution in [2.24, 2.45) is 5.84 Å². The smallest absolute Gasteiger partial charge is 0.127 e. The summed E-state index contributed by atoms with van der Waals surface area (Å²) in [7, 11) is 0. The Morgan fingerprint density at radius 1 is 1.38 bits per heavy atom. The van der Waals surface area contributed by atoms with Crippen LogP contribution in [0.4, 0.5) is 0 Å². The summed E-state index contributed by atoms with van der Waals surface area (Å²) in [6, 6.07) is 6.13. The van der Waals surface area contributed by atoms with E-state index in [0.717, 1.165) is 41.3 Å². The molecule has 1 aromatic heterocycles. The molecule has 112 valence electrons. The topological polar surface area (TPSA) is 73.1 Å². The van der Waals surface area contributed by atoms with Crippen LogP contribution >= 0.6 is 11.5 Å². The fourth-order valence-corrected chi connectivity index (χ4v) is 3.64. The monoisotopic (exact) mass is 304 g/mol. The Kier molecular flexibility index (Phi) is 4.19. The summed E-state index contributed by atoms with van der Waals surface area (Å²) >= 11 is 1.40. The Labute approximate surface area is 128 Å². The van der Waals surface area contributed by atoms with Crippen LogP contribution in [0.3, 0.4) is 0 Å². The molecule has 1 unspecified atom stereocenters. The summed E-state index contributed by atoms with van der Waals surface area (Å²) in [6.07, 6.45) is 2.12. The van der Waals surface area contributed by atoms with E-state index >= 15 is 0 Å². The van der Waals surface area contributed by atoms with E-state index in [4.69, 9.17) is 10.6 Å². The van der Waals surface area contributed by atoms with Gasteiger partial charge in [0.15, 0.2) is 0 Å². The summed E-state index contributed by atoms with van der Waals surface area (Å²) in [4.78, 5) is 1.06. The molecule has 0 amide bonds. The van der Waals surface area contributed by atoms with Crippen LogP contribution in [-0.2, 0) is 6.42 Å². The van der Waals surface area contributed by atoms with Crippen LogP contribution in [-0.4, -0.2) is 16.2 Å². The third kappa shape index (κ3) is 2.66. The average molecular weight is 304 g/mol. The Morgan fingerprint density at radius 3 is 3.00 bits per heavy atom. The quantitative estimate of drug-likeness (QED) is 0.671. The van der Waals surface area contributed by atoms with Crippen molar-refractivity contribution in [3.05, 3.63) is 39.9 Å². The second-order valence-electron chi connectivity index (χ2n) is 5.56. The minimum absolute atomic E-state index is 0.129. The van der Waals surface area contributed by atoms with Gasteiger partial charge in [-0.25, -0.2) is 5.43 Å². The van der Waals surface area contributed by atoms with Gasteiger partial charge in [-0.2, -0.15) is 0 Å². The largest absolute Gasteiger partial charge is 0.493 e. The van der Waals surface area contributed by atoms with Crippen molar-refractivity contribution in [3.63, 3.8) is 0 Å². The first-order valence-electron chi connectivity index (χ1n) is 7.25. The maximum absolute atomic E-state index is 5.90. The van der Waals surface area contributed by atoms with Crippen molar-refractivity contribution in [1.82, 2.24) is 15.0 Å². The molecule has 2 heterocycles. The number of para-hydroxylation sites is 1. The van der Waals surface area contributed by atoms with Crippen molar-refractivity contribution < 1.29 is 4.74 Å². The Balaban J connectivity index is 2.06. The minimum atomic E-state index is -0.129. The summed E-state index contributed by atoms with van der Waals surface area (Å²) in [5.41, 5.74) is 6.24. The van der Waals surface area contributed by atoms with Gasteiger partial charge in [0.05, 0.1) is 23.2 Å². The highest BCUT2D eigenvalue weighted by atomic mass is 32.1. The number of aromatic nitrogens is 2. The number of aryl methyl sites for hydroxylation is 1. The number of nitrogens with one attached hydrogen (secondary N) is 1. The van der Waals surface area contributed by atoms with Gasteiger partial charge >= 0.3 is 0 Å². The summed E-state index contributed by atoms with van der Waals surface area (Å²) in [5.74, 6) is 7.13. The summed E-state index contributed by atoms with van der Waals surface area (Å²) in [5, 5.41) is 4.25. The molecule has 1 atom stereocenters. The lowest BCUT2D eigenvalue weighted by atomic mass is 9.95. The fourth-order valence-electron chi connectivity index (χ4n) is 2.75. The minimum Gasteiger partial charge on any atom is -0.493 e.